The minimum atomic E-state index is -0.377. The van der Waals surface area contributed by atoms with Crippen LogP contribution in [0.4, 0.5) is 0 Å². The highest BCUT2D eigenvalue weighted by atomic mass is 35.5. The number of ether oxygens (including phenoxy) is 1. The van der Waals surface area contributed by atoms with Crippen molar-refractivity contribution in [3.8, 4) is 5.75 Å². The van der Waals surface area contributed by atoms with Gasteiger partial charge in [0, 0.05) is 23.2 Å². The Morgan fingerprint density at radius 2 is 2.05 bits per heavy atom. The zero-order valence-corrected chi connectivity index (χ0v) is 13.7. The molecule has 0 aromatic heterocycles. The molecule has 4 heteroatoms. The average Bonchev–Trinajstić information content (AvgIpc) is 2.63. The van der Waals surface area contributed by atoms with Crippen molar-refractivity contribution in [3.63, 3.8) is 0 Å². The summed E-state index contributed by atoms with van der Waals surface area (Å²) in [5.41, 5.74) is 0.976. The van der Waals surface area contributed by atoms with Gasteiger partial charge < -0.3 is 15.2 Å². The Bertz CT molecular complexity index is 450. The van der Waals surface area contributed by atoms with Crippen LogP contribution in [0.5, 0.6) is 5.75 Å². The molecular weight excluding hydrogens is 286 g/mol. The summed E-state index contributed by atoms with van der Waals surface area (Å²) in [6.45, 7) is 4.88. The van der Waals surface area contributed by atoms with E-state index in [1.807, 2.05) is 18.2 Å². The third-order valence-corrected chi connectivity index (χ3v) is 4.31. The van der Waals surface area contributed by atoms with Crippen LogP contribution in [-0.2, 0) is 6.54 Å². The summed E-state index contributed by atoms with van der Waals surface area (Å²) in [4.78, 5) is 0. The first kappa shape index (κ1) is 16.6. The maximum atomic E-state index is 10.2. The Kier molecular flexibility index (Phi) is 6.34. The summed E-state index contributed by atoms with van der Waals surface area (Å²) in [6, 6.07) is 6.12. The highest BCUT2D eigenvalue weighted by molar-refractivity contribution is 6.31. The van der Waals surface area contributed by atoms with Gasteiger partial charge in [0.1, 0.15) is 11.9 Å². The molecule has 1 fully saturated rings. The van der Waals surface area contributed by atoms with Crippen LogP contribution in [0, 0.1) is 0 Å². The molecule has 0 radical (unpaired) electrons. The lowest BCUT2D eigenvalue weighted by Gasteiger charge is -2.24. The quantitative estimate of drug-likeness (QED) is 0.810. The van der Waals surface area contributed by atoms with Gasteiger partial charge in [-0.15, -0.1) is 0 Å². The fourth-order valence-corrected chi connectivity index (χ4v) is 2.91. The summed E-state index contributed by atoms with van der Waals surface area (Å²) in [5, 5.41) is 14.3. The highest BCUT2D eigenvalue weighted by Crippen LogP contribution is 2.30. The average molecular weight is 312 g/mol. The molecule has 0 heterocycles. The Labute approximate surface area is 132 Å². The number of hydrogen-bond donors (Lipinski definition) is 2. The van der Waals surface area contributed by atoms with Crippen molar-refractivity contribution in [2.45, 2.75) is 70.7 Å². The van der Waals surface area contributed by atoms with Gasteiger partial charge in [-0.3, -0.25) is 0 Å². The molecule has 2 unspecified atom stereocenters. The summed E-state index contributed by atoms with van der Waals surface area (Å²) in [5.74, 6) is 0.793. The van der Waals surface area contributed by atoms with Crippen molar-refractivity contribution in [2.75, 3.05) is 0 Å². The maximum Gasteiger partial charge on any atom is 0.125 e. The minimum Gasteiger partial charge on any atom is -0.487 e. The summed E-state index contributed by atoms with van der Waals surface area (Å²) in [7, 11) is 0. The zero-order chi connectivity index (χ0) is 15.2. The van der Waals surface area contributed by atoms with E-state index in [1.165, 1.54) is 6.42 Å². The van der Waals surface area contributed by atoms with E-state index in [2.05, 4.69) is 19.2 Å². The van der Waals surface area contributed by atoms with Gasteiger partial charge in [-0.05, 0) is 31.4 Å². The molecule has 0 amide bonds. The van der Waals surface area contributed by atoms with Crippen molar-refractivity contribution in [1.82, 2.24) is 5.32 Å². The van der Waals surface area contributed by atoms with Crippen LogP contribution < -0.4 is 10.1 Å². The van der Waals surface area contributed by atoms with Gasteiger partial charge in [0.25, 0.3) is 0 Å². The maximum absolute atomic E-state index is 10.2. The van der Waals surface area contributed by atoms with Gasteiger partial charge in [-0.2, -0.15) is 0 Å². The Balaban J connectivity index is 2.12. The Morgan fingerprint density at radius 1 is 1.29 bits per heavy atom. The second-order valence-corrected chi connectivity index (χ2v) is 6.52. The van der Waals surface area contributed by atoms with E-state index < -0.39 is 0 Å². The lowest BCUT2D eigenvalue weighted by molar-refractivity contribution is 0.0314. The molecule has 1 aliphatic carbocycles. The van der Waals surface area contributed by atoms with E-state index in [0.29, 0.717) is 17.6 Å². The van der Waals surface area contributed by atoms with Crippen molar-refractivity contribution < 1.29 is 9.84 Å². The molecule has 2 rings (SSSR count). The van der Waals surface area contributed by atoms with E-state index in [1.54, 1.807) is 0 Å². The second-order valence-electron chi connectivity index (χ2n) is 6.11. The SMILES string of the molecule is CC(C)NCc1c(Cl)cccc1OC1CCCCCC1O. The fourth-order valence-electron chi connectivity index (χ4n) is 2.68. The molecule has 2 N–H and O–H groups in total. The van der Waals surface area contributed by atoms with Gasteiger partial charge in [0.15, 0.2) is 0 Å². The number of aliphatic hydroxyl groups excluding tert-OH is 1. The van der Waals surface area contributed by atoms with Gasteiger partial charge >= 0.3 is 0 Å². The van der Waals surface area contributed by atoms with Crippen LogP contribution in [0.25, 0.3) is 0 Å². The van der Waals surface area contributed by atoms with Crippen LogP contribution in [0.2, 0.25) is 5.02 Å². The molecule has 1 aliphatic rings. The van der Waals surface area contributed by atoms with Crippen LogP contribution >= 0.6 is 11.6 Å². The van der Waals surface area contributed by atoms with Gasteiger partial charge in [0.2, 0.25) is 0 Å². The monoisotopic (exact) mass is 311 g/mol. The first-order valence-electron chi connectivity index (χ1n) is 7.93. The number of nitrogens with one attached hydrogen (secondary N) is 1. The first-order valence-corrected chi connectivity index (χ1v) is 8.31. The van der Waals surface area contributed by atoms with Crippen LogP contribution in [0.1, 0.15) is 51.5 Å². The first-order chi connectivity index (χ1) is 10.1. The molecule has 1 aromatic carbocycles. The second kappa shape index (κ2) is 8.02. The third-order valence-electron chi connectivity index (χ3n) is 3.96. The Morgan fingerprint density at radius 3 is 2.81 bits per heavy atom. The Hall–Kier alpha value is -0.770. The normalized spacial score (nSPS) is 23.1. The lowest BCUT2D eigenvalue weighted by atomic mass is 10.1. The van der Waals surface area contributed by atoms with Gasteiger partial charge in [-0.1, -0.05) is 44.4 Å². The molecule has 0 spiro atoms. The molecule has 1 saturated carbocycles. The van der Waals surface area contributed by atoms with Crippen LogP contribution in [0.3, 0.4) is 0 Å². The van der Waals surface area contributed by atoms with E-state index in [-0.39, 0.29) is 12.2 Å². The summed E-state index contributed by atoms with van der Waals surface area (Å²) < 4.78 is 6.12. The molecule has 1 aromatic rings. The predicted molar refractivity (Wildman–Crippen MR) is 86.9 cm³/mol. The third kappa shape index (κ3) is 4.87. The highest BCUT2D eigenvalue weighted by Gasteiger charge is 2.24. The van der Waals surface area contributed by atoms with Gasteiger partial charge in [-0.25, -0.2) is 0 Å². The molecule has 3 nitrogen and oxygen atoms in total. The minimum absolute atomic E-state index is 0.122. The van der Waals surface area contributed by atoms with E-state index >= 15 is 0 Å². The number of rotatable bonds is 5. The van der Waals surface area contributed by atoms with Gasteiger partial charge in [0.05, 0.1) is 6.10 Å². The molecule has 2 atom stereocenters. The summed E-state index contributed by atoms with van der Waals surface area (Å²) in [6.07, 6.45) is 4.60. The molecule has 0 aliphatic heterocycles. The number of benzene rings is 1. The molecule has 21 heavy (non-hydrogen) atoms. The molecule has 118 valence electrons. The van der Waals surface area contributed by atoms with E-state index in [4.69, 9.17) is 16.3 Å². The molecule has 0 bridgehead atoms. The van der Waals surface area contributed by atoms with Crippen LogP contribution in [0.15, 0.2) is 18.2 Å². The van der Waals surface area contributed by atoms with Crippen molar-refractivity contribution in [3.05, 3.63) is 28.8 Å². The predicted octanol–water partition coefficient (Wildman–Crippen LogP) is 3.91. The lowest BCUT2D eigenvalue weighted by Crippen LogP contribution is -2.31. The topological polar surface area (TPSA) is 41.5 Å². The largest absolute Gasteiger partial charge is 0.487 e. The summed E-state index contributed by atoms with van der Waals surface area (Å²) >= 11 is 6.32. The number of halogens is 1. The fraction of sp³-hybridized carbons (Fsp3) is 0.647. The van der Waals surface area contributed by atoms with Crippen molar-refractivity contribution in [1.29, 1.82) is 0 Å². The van der Waals surface area contributed by atoms with Crippen LogP contribution in [-0.4, -0.2) is 23.4 Å². The van der Waals surface area contributed by atoms with Crippen molar-refractivity contribution >= 4 is 11.6 Å². The van der Waals surface area contributed by atoms with E-state index in [0.717, 1.165) is 37.0 Å². The smallest absolute Gasteiger partial charge is 0.125 e. The van der Waals surface area contributed by atoms with Crippen molar-refractivity contribution in [2.24, 2.45) is 0 Å². The van der Waals surface area contributed by atoms with E-state index in [9.17, 15) is 5.11 Å². The molecule has 0 saturated heterocycles. The number of aliphatic hydroxyl groups is 1. The molecular formula is C17H26ClNO2. The number of hydrogen-bond acceptors (Lipinski definition) is 3. The standard InChI is InChI=1S/C17H26ClNO2/c1-12(2)19-11-13-14(18)7-6-10-16(13)21-17-9-5-3-4-8-15(17)20/h6-7,10,12,15,17,19-20H,3-5,8-9,11H2,1-2H3. The zero-order valence-electron chi connectivity index (χ0n) is 12.9.